The van der Waals surface area contributed by atoms with Crippen LogP contribution in [0.15, 0.2) is 18.2 Å². The Labute approximate surface area is 202 Å². The molecule has 0 radical (unpaired) electrons. The van der Waals surface area contributed by atoms with E-state index < -0.39 is 15.9 Å². The fraction of sp³-hybridized carbons (Fsp3) is 0.667. The first-order valence-electron chi connectivity index (χ1n) is 12.1. The molecule has 4 rings (SSSR count). The number of ether oxygens (including phenoxy) is 1. The molecular formula is C24H36N4O5S. The average molecular weight is 493 g/mol. The number of hydrogen-bond donors (Lipinski definition) is 1. The molecule has 0 spiro atoms. The number of rotatable bonds is 4. The monoisotopic (exact) mass is 492 g/mol. The van der Waals surface area contributed by atoms with E-state index in [4.69, 9.17) is 4.74 Å². The molecule has 0 bridgehead atoms. The van der Waals surface area contributed by atoms with Gasteiger partial charge in [-0.2, -0.15) is 0 Å². The first kappa shape index (κ1) is 24.9. The Bertz CT molecular complexity index is 1030. The fourth-order valence-electron chi connectivity index (χ4n) is 5.24. The number of nitrogens with one attached hydrogen (secondary N) is 1. The SMILES string of the molecule is CC(=O)N1c2ccc(C3CNN(CC4CCS(=O)(=O)CC4)C3)cc2N(C(=O)OC(C)C)C[C@@H]1C. The lowest BCUT2D eigenvalue weighted by molar-refractivity contribution is -0.117. The van der Waals surface area contributed by atoms with E-state index in [-0.39, 0.29) is 35.5 Å². The first-order chi connectivity index (χ1) is 16.0. The van der Waals surface area contributed by atoms with Gasteiger partial charge in [-0.3, -0.25) is 15.1 Å². The zero-order chi connectivity index (χ0) is 24.6. The van der Waals surface area contributed by atoms with Crippen molar-refractivity contribution < 1.29 is 22.7 Å². The van der Waals surface area contributed by atoms with Gasteiger partial charge in [0.25, 0.3) is 0 Å². The summed E-state index contributed by atoms with van der Waals surface area (Å²) in [6, 6.07) is 5.84. The molecule has 0 aliphatic carbocycles. The van der Waals surface area contributed by atoms with E-state index in [1.54, 1.807) is 16.7 Å². The van der Waals surface area contributed by atoms with E-state index in [2.05, 4.69) is 10.4 Å². The third kappa shape index (κ3) is 5.39. The standard InChI is InChI=1S/C24H36N4O5S/c1-16(2)33-24(30)27-13-17(3)28(18(4)29)22-6-5-20(11-23(22)27)21-12-25-26(15-21)14-19-7-9-34(31,32)10-8-19/h5-6,11,16-17,19,21,25H,7-10,12-15H2,1-4H3/t17-,21?/m0/s1. The van der Waals surface area contributed by atoms with Crippen molar-refractivity contribution >= 4 is 33.2 Å². The molecule has 1 aromatic rings. The van der Waals surface area contributed by atoms with Gasteiger partial charge in [-0.15, -0.1) is 0 Å². The van der Waals surface area contributed by atoms with Gasteiger partial charge in [0.2, 0.25) is 5.91 Å². The third-order valence-electron chi connectivity index (χ3n) is 6.96. The lowest BCUT2D eigenvalue weighted by Crippen LogP contribution is -2.51. The molecule has 3 heterocycles. The number of fused-ring (bicyclic) bond motifs is 1. The number of benzene rings is 1. The fourth-order valence-corrected chi connectivity index (χ4v) is 6.83. The van der Waals surface area contributed by atoms with Gasteiger partial charge in [-0.1, -0.05) is 6.07 Å². The molecule has 9 nitrogen and oxygen atoms in total. The second kappa shape index (κ2) is 9.83. The number of carbonyl (C=O) groups is 2. The van der Waals surface area contributed by atoms with Crippen molar-refractivity contribution in [1.29, 1.82) is 0 Å². The molecule has 1 aromatic carbocycles. The Kier molecular flexibility index (Phi) is 7.21. The van der Waals surface area contributed by atoms with Crippen molar-refractivity contribution in [2.24, 2.45) is 5.92 Å². The largest absolute Gasteiger partial charge is 0.446 e. The smallest absolute Gasteiger partial charge is 0.414 e. The van der Waals surface area contributed by atoms with Crippen LogP contribution in [0, 0.1) is 5.92 Å². The molecule has 34 heavy (non-hydrogen) atoms. The van der Waals surface area contributed by atoms with Crippen LogP contribution in [-0.2, 0) is 19.4 Å². The average Bonchev–Trinajstić information content (AvgIpc) is 3.22. The number of hydrogen-bond acceptors (Lipinski definition) is 7. The van der Waals surface area contributed by atoms with E-state index in [9.17, 15) is 18.0 Å². The number of nitrogens with zero attached hydrogens (tertiary/aromatic N) is 3. The minimum Gasteiger partial charge on any atom is -0.446 e. The first-order valence-corrected chi connectivity index (χ1v) is 14.0. The molecule has 10 heteroatoms. The quantitative estimate of drug-likeness (QED) is 0.689. The molecule has 0 aromatic heterocycles. The highest BCUT2D eigenvalue weighted by Gasteiger charge is 2.36. The van der Waals surface area contributed by atoms with E-state index in [1.807, 2.05) is 39.0 Å². The summed E-state index contributed by atoms with van der Waals surface area (Å²) >= 11 is 0. The van der Waals surface area contributed by atoms with Crippen molar-refractivity contribution in [3.05, 3.63) is 23.8 Å². The van der Waals surface area contributed by atoms with Crippen molar-refractivity contribution in [3.63, 3.8) is 0 Å². The van der Waals surface area contributed by atoms with Gasteiger partial charge in [0, 0.05) is 39.0 Å². The van der Waals surface area contributed by atoms with Crippen LogP contribution >= 0.6 is 0 Å². The summed E-state index contributed by atoms with van der Waals surface area (Å²) in [5, 5.41) is 2.20. The summed E-state index contributed by atoms with van der Waals surface area (Å²) in [5.41, 5.74) is 5.98. The maximum absolute atomic E-state index is 12.9. The highest BCUT2D eigenvalue weighted by molar-refractivity contribution is 7.91. The van der Waals surface area contributed by atoms with E-state index >= 15 is 0 Å². The zero-order valence-corrected chi connectivity index (χ0v) is 21.3. The van der Waals surface area contributed by atoms with Gasteiger partial charge in [-0.25, -0.2) is 18.2 Å². The van der Waals surface area contributed by atoms with Crippen LogP contribution in [0.4, 0.5) is 16.2 Å². The molecule has 0 saturated carbocycles. The summed E-state index contributed by atoms with van der Waals surface area (Å²) in [6.45, 7) is 9.92. The molecule has 2 atom stereocenters. The Hall–Kier alpha value is -2.17. The maximum atomic E-state index is 12.9. The molecule has 3 aliphatic heterocycles. The molecule has 2 amide bonds. The number of hydrazine groups is 1. The Morgan fingerprint density at radius 3 is 2.50 bits per heavy atom. The Morgan fingerprint density at radius 1 is 1.15 bits per heavy atom. The second-order valence-corrected chi connectivity index (χ2v) is 12.4. The highest BCUT2D eigenvalue weighted by atomic mass is 32.2. The van der Waals surface area contributed by atoms with Gasteiger partial charge < -0.3 is 9.64 Å². The number of carbonyl (C=O) groups excluding carboxylic acids is 2. The summed E-state index contributed by atoms with van der Waals surface area (Å²) < 4.78 is 28.9. The molecule has 1 N–H and O–H groups in total. The van der Waals surface area contributed by atoms with Crippen LogP contribution in [0.3, 0.4) is 0 Å². The Balaban J connectivity index is 1.52. The lowest BCUT2D eigenvalue weighted by Gasteiger charge is -2.40. The topological polar surface area (TPSA) is 99.3 Å². The minimum absolute atomic E-state index is 0.0541. The molecule has 3 aliphatic rings. The van der Waals surface area contributed by atoms with Crippen molar-refractivity contribution in [2.75, 3.05) is 47.5 Å². The van der Waals surface area contributed by atoms with Crippen LogP contribution in [0.2, 0.25) is 0 Å². The van der Waals surface area contributed by atoms with Gasteiger partial charge in [0.1, 0.15) is 9.84 Å². The summed E-state index contributed by atoms with van der Waals surface area (Å²) in [7, 11) is -2.86. The number of anilines is 2. The van der Waals surface area contributed by atoms with Crippen molar-refractivity contribution in [2.45, 2.75) is 58.6 Å². The predicted octanol–water partition coefficient (Wildman–Crippen LogP) is 2.52. The van der Waals surface area contributed by atoms with Crippen LogP contribution in [0.5, 0.6) is 0 Å². The van der Waals surface area contributed by atoms with E-state index in [1.165, 1.54) is 0 Å². The zero-order valence-electron chi connectivity index (χ0n) is 20.5. The molecule has 2 fully saturated rings. The Morgan fingerprint density at radius 2 is 1.85 bits per heavy atom. The molecule has 2 saturated heterocycles. The summed E-state index contributed by atoms with van der Waals surface area (Å²) in [5.74, 6) is 1.12. The summed E-state index contributed by atoms with van der Waals surface area (Å²) in [4.78, 5) is 28.6. The van der Waals surface area contributed by atoms with Gasteiger partial charge >= 0.3 is 6.09 Å². The number of amides is 2. The van der Waals surface area contributed by atoms with Gasteiger partial charge in [0.05, 0.1) is 35.0 Å². The van der Waals surface area contributed by atoms with Gasteiger partial charge in [0.15, 0.2) is 0 Å². The van der Waals surface area contributed by atoms with E-state index in [0.29, 0.717) is 18.2 Å². The summed E-state index contributed by atoms with van der Waals surface area (Å²) in [6.07, 6.45) is 0.802. The van der Waals surface area contributed by atoms with E-state index in [0.717, 1.165) is 43.7 Å². The third-order valence-corrected chi connectivity index (χ3v) is 8.68. The van der Waals surface area contributed by atoms with Crippen molar-refractivity contribution in [1.82, 2.24) is 10.4 Å². The number of sulfone groups is 1. The second-order valence-electron chi connectivity index (χ2n) is 10.1. The predicted molar refractivity (Wildman–Crippen MR) is 132 cm³/mol. The van der Waals surface area contributed by atoms with Crippen molar-refractivity contribution in [3.8, 4) is 0 Å². The molecule has 1 unspecified atom stereocenters. The highest BCUT2D eigenvalue weighted by Crippen LogP contribution is 2.39. The van der Waals surface area contributed by atoms with Crippen LogP contribution in [0.1, 0.15) is 52.0 Å². The maximum Gasteiger partial charge on any atom is 0.414 e. The van der Waals surface area contributed by atoms with Crippen LogP contribution in [0.25, 0.3) is 0 Å². The molecule has 188 valence electrons. The minimum atomic E-state index is -2.86. The lowest BCUT2D eigenvalue weighted by atomic mass is 9.96. The normalized spacial score (nSPS) is 25.4. The van der Waals surface area contributed by atoms with Crippen LogP contribution in [-0.4, -0.2) is 75.3 Å². The van der Waals surface area contributed by atoms with Crippen LogP contribution < -0.4 is 15.2 Å². The molecular weight excluding hydrogens is 456 g/mol. The van der Waals surface area contributed by atoms with Gasteiger partial charge in [-0.05, 0) is 57.2 Å².